The second-order valence-corrected chi connectivity index (χ2v) is 5.35. The first-order valence-corrected chi connectivity index (χ1v) is 6.97. The molecule has 1 saturated heterocycles. The maximum atomic E-state index is 12.0. The Hall–Kier alpha value is -1.60. The zero-order chi connectivity index (χ0) is 14.5. The lowest BCUT2D eigenvalue weighted by Crippen LogP contribution is -2.51. The lowest BCUT2D eigenvalue weighted by molar-refractivity contribution is -0.154. The number of nitrogens with zero attached hydrogens (tertiary/aromatic N) is 1. The van der Waals surface area contributed by atoms with Gasteiger partial charge in [0.05, 0.1) is 13.2 Å². The second-order valence-electron chi connectivity index (χ2n) is 4.43. The van der Waals surface area contributed by atoms with Gasteiger partial charge in [-0.3, -0.25) is 0 Å². The zero-order valence-electron chi connectivity index (χ0n) is 10.7. The number of carbonyl (C=O) groups is 2. The molecule has 20 heavy (non-hydrogen) atoms. The summed E-state index contributed by atoms with van der Waals surface area (Å²) < 4.78 is 6.02. The number of ether oxygens (including phenoxy) is 1. The molecule has 0 radical (unpaired) electrons. The Balaban J connectivity index is 1.87. The molecule has 0 bridgehead atoms. The minimum absolute atomic E-state index is 0.0691. The first-order chi connectivity index (χ1) is 9.56. The maximum absolute atomic E-state index is 12.0. The molecule has 0 saturated carbocycles. The Bertz CT molecular complexity index is 509. The van der Waals surface area contributed by atoms with Crippen LogP contribution in [0.3, 0.4) is 0 Å². The van der Waals surface area contributed by atoms with Crippen molar-refractivity contribution in [3.63, 3.8) is 0 Å². The lowest BCUT2D eigenvalue weighted by atomic mass is 10.2. The number of morpholine rings is 1. The SMILES string of the molecule is O=C(O)C1CN(C(=O)NCc2cccc(Br)c2)CCO1. The van der Waals surface area contributed by atoms with E-state index in [0.717, 1.165) is 10.0 Å². The van der Waals surface area contributed by atoms with Crippen molar-refractivity contribution in [3.05, 3.63) is 34.3 Å². The van der Waals surface area contributed by atoms with Crippen LogP contribution in [0, 0.1) is 0 Å². The predicted molar refractivity (Wildman–Crippen MR) is 75.3 cm³/mol. The van der Waals surface area contributed by atoms with E-state index in [9.17, 15) is 9.59 Å². The monoisotopic (exact) mass is 342 g/mol. The molecular weight excluding hydrogens is 328 g/mol. The van der Waals surface area contributed by atoms with E-state index in [1.165, 1.54) is 4.90 Å². The number of carbonyl (C=O) groups excluding carboxylic acids is 1. The summed E-state index contributed by atoms with van der Waals surface area (Å²) in [5, 5.41) is 11.7. The Kier molecular flexibility index (Phi) is 4.97. The topological polar surface area (TPSA) is 78.9 Å². The van der Waals surface area contributed by atoms with Crippen LogP contribution in [0.4, 0.5) is 4.79 Å². The van der Waals surface area contributed by atoms with Gasteiger partial charge in [0.2, 0.25) is 0 Å². The van der Waals surface area contributed by atoms with Crippen molar-refractivity contribution >= 4 is 27.9 Å². The van der Waals surface area contributed by atoms with Crippen LogP contribution in [0.2, 0.25) is 0 Å². The van der Waals surface area contributed by atoms with Gasteiger partial charge >= 0.3 is 12.0 Å². The summed E-state index contributed by atoms with van der Waals surface area (Å²) in [4.78, 5) is 24.3. The van der Waals surface area contributed by atoms with E-state index in [4.69, 9.17) is 9.84 Å². The van der Waals surface area contributed by atoms with E-state index >= 15 is 0 Å². The average Bonchev–Trinajstić information content (AvgIpc) is 2.45. The number of aliphatic carboxylic acids is 1. The second kappa shape index (κ2) is 6.71. The minimum Gasteiger partial charge on any atom is -0.479 e. The van der Waals surface area contributed by atoms with E-state index in [2.05, 4.69) is 21.2 Å². The summed E-state index contributed by atoms with van der Waals surface area (Å²) in [5.74, 6) is -1.05. The average molecular weight is 343 g/mol. The molecule has 2 N–H and O–H groups in total. The highest BCUT2D eigenvalue weighted by Gasteiger charge is 2.28. The van der Waals surface area contributed by atoms with Crippen molar-refractivity contribution < 1.29 is 19.4 Å². The van der Waals surface area contributed by atoms with Gasteiger partial charge in [-0.1, -0.05) is 28.1 Å². The van der Waals surface area contributed by atoms with Crippen molar-refractivity contribution in [2.75, 3.05) is 19.7 Å². The molecule has 2 rings (SSSR count). The smallest absolute Gasteiger partial charge is 0.334 e. The molecule has 0 spiro atoms. The van der Waals surface area contributed by atoms with E-state index in [-0.39, 0.29) is 19.2 Å². The standard InChI is InChI=1S/C13H15BrN2O4/c14-10-3-1-2-9(6-10)7-15-13(19)16-4-5-20-11(8-16)12(17)18/h1-3,6,11H,4-5,7-8H2,(H,15,19)(H,17,18). The Morgan fingerprint density at radius 1 is 1.50 bits per heavy atom. The number of carboxylic acid groups (broad SMARTS) is 1. The quantitative estimate of drug-likeness (QED) is 0.871. The van der Waals surface area contributed by atoms with Crippen LogP contribution in [-0.2, 0) is 16.1 Å². The molecule has 0 aliphatic carbocycles. The van der Waals surface area contributed by atoms with Gasteiger partial charge in [0.25, 0.3) is 0 Å². The van der Waals surface area contributed by atoms with Crippen LogP contribution < -0.4 is 5.32 Å². The first-order valence-electron chi connectivity index (χ1n) is 6.18. The van der Waals surface area contributed by atoms with Gasteiger partial charge in [-0.05, 0) is 17.7 Å². The van der Waals surface area contributed by atoms with Crippen LogP contribution >= 0.6 is 15.9 Å². The summed E-state index contributed by atoms with van der Waals surface area (Å²) in [5.41, 5.74) is 0.968. The fraction of sp³-hybridized carbons (Fsp3) is 0.385. The third kappa shape index (κ3) is 3.94. The lowest BCUT2D eigenvalue weighted by Gasteiger charge is -2.30. The fourth-order valence-electron chi connectivity index (χ4n) is 1.92. The van der Waals surface area contributed by atoms with Crippen LogP contribution in [0.5, 0.6) is 0 Å². The molecule has 1 unspecified atom stereocenters. The molecule has 1 aromatic rings. The fourth-order valence-corrected chi connectivity index (χ4v) is 2.37. The van der Waals surface area contributed by atoms with E-state index in [1.54, 1.807) is 0 Å². The molecule has 1 aliphatic heterocycles. The number of urea groups is 1. The van der Waals surface area contributed by atoms with Gasteiger partial charge in [-0.2, -0.15) is 0 Å². The highest BCUT2D eigenvalue weighted by molar-refractivity contribution is 9.10. The number of carboxylic acids is 1. The molecule has 7 heteroatoms. The Morgan fingerprint density at radius 3 is 3.00 bits per heavy atom. The first kappa shape index (κ1) is 14.8. The minimum atomic E-state index is -1.05. The van der Waals surface area contributed by atoms with Gasteiger partial charge in [-0.15, -0.1) is 0 Å². The molecule has 1 fully saturated rings. The number of hydrogen-bond donors (Lipinski definition) is 2. The molecule has 108 valence electrons. The highest BCUT2D eigenvalue weighted by atomic mass is 79.9. The Morgan fingerprint density at radius 2 is 2.30 bits per heavy atom. The number of nitrogens with one attached hydrogen (secondary N) is 1. The van der Waals surface area contributed by atoms with E-state index in [1.807, 2.05) is 24.3 Å². The summed E-state index contributed by atoms with van der Waals surface area (Å²) >= 11 is 3.36. The summed E-state index contributed by atoms with van der Waals surface area (Å²) in [6.45, 7) is 1.10. The van der Waals surface area contributed by atoms with Crippen molar-refractivity contribution in [3.8, 4) is 0 Å². The number of amides is 2. The normalized spacial score (nSPS) is 18.6. The van der Waals surface area contributed by atoms with Gasteiger partial charge < -0.3 is 20.1 Å². The molecule has 6 nitrogen and oxygen atoms in total. The third-order valence-electron chi connectivity index (χ3n) is 2.96. The van der Waals surface area contributed by atoms with Crippen molar-refractivity contribution in [2.45, 2.75) is 12.6 Å². The highest BCUT2D eigenvalue weighted by Crippen LogP contribution is 2.11. The van der Waals surface area contributed by atoms with Crippen molar-refractivity contribution in [2.24, 2.45) is 0 Å². The van der Waals surface area contributed by atoms with Crippen LogP contribution in [0.25, 0.3) is 0 Å². The van der Waals surface area contributed by atoms with Crippen LogP contribution in [-0.4, -0.2) is 47.8 Å². The third-order valence-corrected chi connectivity index (χ3v) is 3.46. The molecule has 1 aliphatic rings. The number of rotatable bonds is 3. The largest absolute Gasteiger partial charge is 0.479 e. The molecular formula is C13H15BrN2O4. The van der Waals surface area contributed by atoms with Gasteiger partial charge in [0.15, 0.2) is 6.10 Å². The summed E-state index contributed by atoms with van der Waals surface area (Å²) in [7, 11) is 0. The van der Waals surface area contributed by atoms with Gasteiger partial charge in [-0.25, -0.2) is 9.59 Å². The number of halogens is 1. The van der Waals surface area contributed by atoms with Gasteiger partial charge in [0.1, 0.15) is 0 Å². The Labute approximate surface area is 124 Å². The van der Waals surface area contributed by atoms with E-state index < -0.39 is 12.1 Å². The van der Waals surface area contributed by atoms with Crippen molar-refractivity contribution in [1.82, 2.24) is 10.2 Å². The predicted octanol–water partition coefficient (Wildman–Crippen LogP) is 1.44. The molecule has 1 atom stereocenters. The van der Waals surface area contributed by atoms with Crippen molar-refractivity contribution in [1.29, 1.82) is 0 Å². The zero-order valence-corrected chi connectivity index (χ0v) is 12.3. The van der Waals surface area contributed by atoms with Crippen LogP contribution in [0.1, 0.15) is 5.56 Å². The molecule has 2 amide bonds. The summed E-state index contributed by atoms with van der Waals surface area (Å²) in [6.07, 6.45) is -0.944. The van der Waals surface area contributed by atoms with Gasteiger partial charge in [0, 0.05) is 17.6 Å². The number of benzene rings is 1. The molecule has 0 aromatic heterocycles. The number of hydrogen-bond acceptors (Lipinski definition) is 3. The molecule has 1 heterocycles. The molecule has 1 aromatic carbocycles. The van der Waals surface area contributed by atoms with Crippen LogP contribution in [0.15, 0.2) is 28.7 Å². The maximum Gasteiger partial charge on any atom is 0.334 e. The van der Waals surface area contributed by atoms with E-state index in [0.29, 0.717) is 13.1 Å². The summed E-state index contributed by atoms with van der Waals surface area (Å²) in [6, 6.07) is 7.34.